The second-order valence-corrected chi connectivity index (χ2v) is 7.27. The zero-order valence-electron chi connectivity index (χ0n) is 12.4. The van der Waals surface area contributed by atoms with Gasteiger partial charge in [0.25, 0.3) is 5.91 Å². The highest BCUT2D eigenvalue weighted by Gasteiger charge is 2.78. The van der Waals surface area contributed by atoms with Gasteiger partial charge in [-0.15, -0.1) is 0 Å². The highest BCUT2D eigenvalue weighted by Crippen LogP contribution is 2.75. The van der Waals surface area contributed by atoms with Crippen molar-refractivity contribution in [1.82, 2.24) is 0 Å². The number of carbonyl (C=O) groups excluding carboxylic acids is 1. The van der Waals surface area contributed by atoms with Gasteiger partial charge in [0.15, 0.2) is 5.60 Å². The normalized spacial score (nSPS) is 43.3. The first-order valence-corrected chi connectivity index (χ1v) is 7.62. The monoisotopic (exact) mass is 289 g/mol. The van der Waals surface area contributed by atoms with E-state index in [0.29, 0.717) is 18.2 Å². The van der Waals surface area contributed by atoms with Crippen molar-refractivity contribution in [2.24, 2.45) is 16.7 Å². The third-order valence-corrected chi connectivity index (χ3v) is 6.67. The number of nitrogens with one attached hydrogen (secondary N) is 1. The van der Waals surface area contributed by atoms with E-state index in [9.17, 15) is 9.18 Å². The second kappa shape index (κ2) is 3.86. The first-order valence-electron chi connectivity index (χ1n) is 7.62. The Morgan fingerprint density at radius 1 is 1.33 bits per heavy atom. The van der Waals surface area contributed by atoms with Crippen LogP contribution in [0.3, 0.4) is 0 Å². The van der Waals surface area contributed by atoms with Crippen LogP contribution in [0.5, 0.6) is 0 Å². The lowest BCUT2D eigenvalue weighted by Crippen LogP contribution is -2.52. The van der Waals surface area contributed by atoms with Crippen molar-refractivity contribution in [3.63, 3.8) is 0 Å². The van der Waals surface area contributed by atoms with Gasteiger partial charge < -0.3 is 10.1 Å². The predicted molar refractivity (Wildman–Crippen MR) is 77.3 cm³/mol. The zero-order valence-corrected chi connectivity index (χ0v) is 12.4. The Balaban J connectivity index is 1.65. The average molecular weight is 289 g/mol. The Morgan fingerprint density at radius 2 is 2.05 bits per heavy atom. The van der Waals surface area contributed by atoms with E-state index in [1.54, 1.807) is 12.1 Å². The number of hydrogen-bond donors (Lipinski definition) is 1. The summed E-state index contributed by atoms with van der Waals surface area (Å²) >= 11 is 0. The summed E-state index contributed by atoms with van der Waals surface area (Å²) in [4.78, 5) is 12.9. The Labute approximate surface area is 123 Å². The molecule has 4 bridgehead atoms. The van der Waals surface area contributed by atoms with Gasteiger partial charge in [0.05, 0.1) is 6.61 Å². The number of hydrogen-bond acceptors (Lipinski definition) is 2. The summed E-state index contributed by atoms with van der Waals surface area (Å²) < 4.78 is 19.0. The summed E-state index contributed by atoms with van der Waals surface area (Å²) in [5.74, 6) is 0.209. The molecular weight excluding hydrogens is 269 g/mol. The van der Waals surface area contributed by atoms with Crippen molar-refractivity contribution in [3.8, 4) is 0 Å². The molecule has 1 amide bonds. The summed E-state index contributed by atoms with van der Waals surface area (Å²) in [5.41, 5.74) is -0.0552. The Morgan fingerprint density at radius 3 is 2.67 bits per heavy atom. The minimum absolute atomic E-state index is 0.0671. The third kappa shape index (κ3) is 1.39. The van der Waals surface area contributed by atoms with Crippen molar-refractivity contribution in [3.05, 3.63) is 30.1 Å². The molecule has 0 aromatic heterocycles. The van der Waals surface area contributed by atoms with Crippen LogP contribution in [0.2, 0.25) is 0 Å². The number of halogens is 1. The highest BCUT2D eigenvalue weighted by atomic mass is 19.1. The quantitative estimate of drug-likeness (QED) is 0.906. The molecule has 2 saturated carbocycles. The summed E-state index contributed by atoms with van der Waals surface area (Å²) in [6, 6.07) is 5.89. The first-order chi connectivity index (χ1) is 9.91. The van der Waals surface area contributed by atoms with Crippen LogP contribution >= 0.6 is 0 Å². The maximum absolute atomic E-state index is 13.0. The molecule has 1 aromatic carbocycles. The Kier molecular flexibility index (Phi) is 2.44. The van der Waals surface area contributed by atoms with Crippen LogP contribution in [-0.4, -0.2) is 18.1 Å². The van der Waals surface area contributed by atoms with Gasteiger partial charge in [-0.05, 0) is 49.4 Å². The smallest absolute Gasteiger partial charge is 0.257 e. The van der Waals surface area contributed by atoms with Crippen LogP contribution in [0.15, 0.2) is 24.3 Å². The molecule has 1 aromatic rings. The molecule has 0 radical (unpaired) electrons. The summed E-state index contributed by atoms with van der Waals surface area (Å²) in [6.07, 6.45) is 3.06. The molecule has 4 heteroatoms. The average Bonchev–Trinajstić information content (AvgIpc) is 2.93. The van der Waals surface area contributed by atoms with Crippen molar-refractivity contribution in [2.45, 2.75) is 38.7 Å². The van der Waals surface area contributed by atoms with Gasteiger partial charge in [0, 0.05) is 16.5 Å². The van der Waals surface area contributed by atoms with Crippen molar-refractivity contribution in [1.29, 1.82) is 0 Å². The number of rotatable bonds is 2. The van der Waals surface area contributed by atoms with E-state index >= 15 is 0 Å². The van der Waals surface area contributed by atoms with Crippen LogP contribution in [0.1, 0.15) is 33.1 Å². The van der Waals surface area contributed by atoms with Crippen molar-refractivity contribution in [2.75, 3.05) is 11.9 Å². The van der Waals surface area contributed by atoms with Gasteiger partial charge in [-0.25, -0.2) is 4.39 Å². The molecule has 3 aliphatic rings. The lowest BCUT2D eigenvalue weighted by Gasteiger charge is -2.39. The molecule has 4 atom stereocenters. The SMILES string of the molecule is C[C@@]12CC[C@@H]3C[C@@]1(C(=O)Nc1ccc(F)cc1)OC[C@@]32C. The van der Waals surface area contributed by atoms with Crippen molar-refractivity contribution >= 4 is 11.6 Å². The van der Waals surface area contributed by atoms with Crippen LogP contribution in [0.25, 0.3) is 0 Å². The molecule has 1 saturated heterocycles. The largest absolute Gasteiger partial charge is 0.364 e. The molecule has 1 heterocycles. The molecule has 21 heavy (non-hydrogen) atoms. The highest BCUT2D eigenvalue weighted by molar-refractivity contribution is 5.99. The van der Waals surface area contributed by atoms with Crippen LogP contribution < -0.4 is 5.32 Å². The fourth-order valence-corrected chi connectivity index (χ4v) is 5.02. The molecule has 4 rings (SSSR count). The molecule has 1 N–H and O–H groups in total. The van der Waals surface area contributed by atoms with E-state index in [-0.39, 0.29) is 22.6 Å². The number of benzene rings is 1. The second-order valence-electron chi connectivity index (χ2n) is 7.27. The number of ether oxygens (including phenoxy) is 1. The number of carbonyl (C=O) groups is 1. The van der Waals surface area contributed by atoms with Gasteiger partial charge in [0.1, 0.15) is 5.82 Å². The summed E-state index contributed by atoms with van der Waals surface area (Å²) in [7, 11) is 0. The summed E-state index contributed by atoms with van der Waals surface area (Å²) in [6.45, 7) is 5.15. The molecule has 0 unspecified atom stereocenters. The standard InChI is InChI=1S/C17H20FNO2/c1-15-10-21-17(9-11(15)7-8-16(15,17)2)14(20)19-13-5-3-12(18)4-6-13/h3-6,11H,7-10H2,1-2H3,(H,19,20)/t11-,15+,16+,17+/m1/s1. The minimum Gasteiger partial charge on any atom is -0.364 e. The van der Waals surface area contributed by atoms with E-state index in [1.807, 2.05) is 0 Å². The third-order valence-electron chi connectivity index (χ3n) is 6.67. The Hall–Kier alpha value is -1.42. The maximum Gasteiger partial charge on any atom is 0.257 e. The van der Waals surface area contributed by atoms with Gasteiger partial charge in [-0.1, -0.05) is 13.8 Å². The van der Waals surface area contributed by atoms with E-state index in [4.69, 9.17) is 4.74 Å². The first kappa shape index (κ1) is 13.3. The van der Waals surface area contributed by atoms with Crippen LogP contribution in [0.4, 0.5) is 10.1 Å². The van der Waals surface area contributed by atoms with Crippen molar-refractivity contribution < 1.29 is 13.9 Å². The molecule has 3 nitrogen and oxygen atoms in total. The molecular formula is C17H20FNO2. The van der Waals surface area contributed by atoms with E-state index in [2.05, 4.69) is 19.2 Å². The zero-order chi connectivity index (χ0) is 14.9. The molecule has 0 spiro atoms. The van der Waals surface area contributed by atoms with Gasteiger partial charge >= 0.3 is 0 Å². The lowest BCUT2D eigenvalue weighted by atomic mass is 9.66. The van der Waals surface area contributed by atoms with Gasteiger partial charge in [0.2, 0.25) is 0 Å². The molecule has 2 aliphatic carbocycles. The molecule has 1 aliphatic heterocycles. The lowest BCUT2D eigenvalue weighted by molar-refractivity contribution is -0.149. The van der Waals surface area contributed by atoms with Gasteiger partial charge in [-0.2, -0.15) is 0 Å². The van der Waals surface area contributed by atoms with Gasteiger partial charge in [-0.3, -0.25) is 4.79 Å². The summed E-state index contributed by atoms with van der Waals surface area (Å²) in [5, 5.41) is 2.93. The van der Waals surface area contributed by atoms with E-state index in [1.165, 1.54) is 18.6 Å². The van der Waals surface area contributed by atoms with E-state index < -0.39 is 5.60 Å². The number of amides is 1. The van der Waals surface area contributed by atoms with Crippen LogP contribution in [0, 0.1) is 22.6 Å². The predicted octanol–water partition coefficient (Wildman–Crippen LogP) is 3.36. The molecule has 112 valence electrons. The number of anilines is 1. The fraction of sp³-hybridized carbons (Fsp3) is 0.588. The van der Waals surface area contributed by atoms with E-state index in [0.717, 1.165) is 12.8 Å². The maximum atomic E-state index is 13.0. The van der Waals surface area contributed by atoms with Crippen LogP contribution in [-0.2, 0) is 9.53 Å². The fourth-order valence-electron chi connectivity index (χ4n) is 5.02. The topological polar surface area (TPSA) is 38.3 Å². The Bertz CT molecular complexity index is 616. The minimum atomic E-state index is -0.709. The molecule has 3 fully saturated rings.